The number of aromatic nitrogens is 3. The van der Waals surface area contributed by atoms with Crippen molar-refractivity contribution in [2.24, 2.45) is 11.8 Å². The van der Waals surface area contributed by atoms with Gasteiger partial charge in [-0.15, -0.1) is 0 Å². The van der Waals surface area contributed by atoms with Crippen LogP contribution in [0.2, 0.25) is 0 Å². The van der Waals surface area contributed by atoms with Gasteiger partial charge in [-0.2, -0.15) is 4.98 Å². The summed E-state index contributed by atoms with van der Waals surface area (Å²) in [4.78, 5) is 49.8. The number of carbonyl (C=O) groups is 2. The number of pyridine rings is 1. The van der Waals surface area contributed by atoms with Gasteiger partial charge in [-0.05, 0) is 67.1 Å². The molecule has 2 aromatic carbocycles. The maximum absolute atomic E-state index is 14.9. The summed E-state index contributed by atoms with van der Waals surface area (Å²) >= 11 is 0. The highest BCUT2D eigenvalue weighted by Crippen LogP contribution is 2.53. The normalized spacial score (nSPS) is 20.1. The van der Waals surface area contributed by atoms with Crippen LogP contribution >= 0.6 is 0 Å². The summed E-state index contributed by atoms with van der Waals surface area (Å²) in [6.07, 6.45) is 1.68. The van der Waals surface area contributed by atoms with Gasteiger partial charge in [0.25, 0.3) is 5.56 Å². The Morgan fingerprint density at radius 3 is 2.41 bits per heavy atom. The summed E-state index contributed by atoms with van der Waals surface area (Å²) in [7, 11) is 0. The molecular weight excluding hydrogens is 485 g/mol. The Bertz CT molecular complexity index is 1730. The SMILES string of the molecule is O=C(C1CC1)N1C(=O)C2CC2c2cc(F)ccc2-c2nc1nc1c2ccc(=O)n1-c1c(F)cccc1F. The molecule has 7 rings (SSSR count). The van der Waals surface area contributed by atoms with E-state index < -0.39 is 46.4 Å². The molecule has 2 atom stereocenters. The molecule has 2 aliphatic carbocycles. The lowest BCUT2D eigenvalue weighted by Crippen LogP contribution is -2.40. The number of halogens is 3. The van der Waals surface area contributed by atoms with Crippen molar-refractivity contribution < 1.29 is 22.8 Å². The van der Waals surface area contributed by atoms with Crippen molar-refractivity contribution in [2.45, 2.75) is 25.2 Å². The Labute approximate surface area is 207 Å². The first-order valence-corrected chi connectivity index (χ1v) is 11.9. The third-order valence-corrected chi connectivity index (χ3v) is 7.24. The van der Waals surface area contributed by atoms with Gasteiger partial charge in [0.05, 0.1) is 5.69 Å². The zero-order valence-corrected chi connectivity index (χ0v) is 19.1. The number of benzene rings is 2. The van der Waals surface area contributed by atoms with Crippen LogP contribution in [0.4, 0.5) is 19.1 Å². The van der Waals surface area contributed by atoms with Crippen molar-refractivity contribution in [3.63, 3.8) is 0 Å². The number of imide groups is 1. The monoisotopic (exact) mass is 502 g/mol. The molecule has 0 saturated heterocycles. The minimum absolute atomic E-state index is 0.177. The van der Waals surface area contributed by atoms with Crippen LogP contribution in [0.25, 0.3) is 28.0 Å². The number of rotatable bonds is 2. The van der Waals surface area contributed by atoms with Gasteiger partial charge >= 0.3 is 0 Å². The molecule has 0 N–H and O–H groups in total. The molecule has 2 unspecified atom stereocenters. The molecule has 2 fully saturated rings. The van der Waals surface area contributed by atoms with E-state index in [1.165, 1.54) is 30.3 Å². The van der Waals surface area contributed by atoms with Gasteiger partial charge in [-0.1, -0.05) is 6.07 Å². The summed E-state index contributed by atoms with van der Waals surface area (Å²) in [6, 6.07) is 9.88. The summed E-state index contributed by atoms with van der Waals surface area (Å²) in [5.74, 6) is -4.96. The molecular formula is C27H17F3N4O3. The quantitative estimate of drug-likeness (QED) is 0.383. The molecule has 2 aromatic heterocycles. The van der Waals surface area contributed by atoms with Crippen LogP contribution in [0.15, 0.2) is 53.3 Å². The predicted molar refractivity (Wildman–Crippen MR) is 127 cm³/mol. The molecule has 2 bridgehead atoms. The molecule has 1 aliphatic heterocycles. The third-order valence-electron chi connectivity index (χ3n) is 7.24. The largest absolute Gasteiger partial charge is 0.274 e. The van der Waals surface area contributed by atoms with E-state index >= 15 is 0 Å². The zero-order valence-electron chi connectivity index (χ0n) is 19.1. The van der Waals surface area contributed by atoms with Gasteiger partial charge in [0.2, 0.25) is 17.8 Å². The van der Waals surface area contributed by atoms with Gasteiger partial charge in [0.1, 0.15) is 23.1 Å². The minimum atomic E-state index is -0.994. The summed E-state index contributed by atoms with van der Waals surface area (Å²) in [5.41, 5.74) is -0.319. The highest BCUT2D eigenvalue weighted by atomic mass is 19.1. The second kappa shape index (κ2) is 7.58. The molecule has 0 radical (unpaired) electrons. The fraction of sp³-hybridized carbons (Fsp3) is 0.222. The maximum atomic E-state index is 14.9. The Hall–Kier alpha value is -4.34. The number of fused-ring (bicyclic) bond motifs is 8. The third kappa shape index (κ3) is 3.24. The Morgan fingerprint density at radius 2 is 1.68 bits per heavy atom. The highest BCUT2D eigenvalue weighted by Gasteiger charge is 2.51. The van der Waals surface area contributed by atoms with Crippen LogP contribution in [0, 0.1) is 29.3 Å². The van der Waals surface area contributed by atoms with Crippen LogP contribution in [-0.4, -0.2) is 26.3 Å². The van der Waals surface area contributed by atoms with Gasteiger partial charge in [0, 0.05) is 28.9 Å². The number of para-hydroxylation sites is 1. The molecule has 3 heterocycles. The van der Waals surface area contributed by atoms with E-state index in [1.54, 1.807) is 0 Å². The molecule has 37 heavy (non-hydrogen) atoms. The fourth-order valence-corrected chi connectivity index (χ4v) is 5.18. The molecule has 4 aromatic rings. The topological polar surface area (TPSA) is 85.2 Å². The first-order valence-electron chi connectivity index (χ1n) is 11.9. The second-order valence-corrected chi connectivity index (χ2v) is 9.65. The Kier molecular flexibility index (Phi) is 4.49. The average molecular weight is 502 g/mol. The summed E-state index contributed by atoms with van der Waals surface area (Å²) in [6.45, 7) is 0. The van der Waals surface area contributed by atoms with E-state index in [2.05, 4.69) is 9.97 Å². The average Bonchev–Trinajstić information content (AvgIpc) is 3.78. The second-order valence-electron chi connectivity index (χ2n) is 9.65. The van der Waals surface area contributed by atoms with Gasteiger partial charge in [0.15, 0.2) is 5.65 Å². The molecule has 2 amide bonds. The summed E-state index contributed by atoms with van der Waals surface area (Å²) in [5, 5.41) is 0.254. The predicted octanol–water partition coefficient (Wildman–Crippen LogP) is 4.25. The van der Waals surface area contributed by atoms with E-state index in [0.29, 0.717) is 30.4 Å². The van der Waals surface area contributed by atoms with E-state index in [1.807, 2.05) is 0 Å². The van der Waals surface area contributed by atoms with Gasteiger partial charge in [-0.25, -0.2) is 23.1 Å². The van der Waals surface area contributed by atoms with Crippen LogP contribution in [0.5, 0.6) is 0 Å². The maximum Gasteiger partial charge on any atom is 0.256 e. The smallest absolute Gasteiger partial charge is 0.256 e. The van der Waals surface area contributed by atoms with E-state index in [9.17, 15) is 27.6 Å². The number of nitrogens with zero attached hydrogens (tertiary/aromatic N) is 4. The van der Waals surface area contributed by atoms with E-state index in [-0.39, 0.29) is 34.5 Å². The molecule has 10 heteroatoms. The van der Waals surface area contributed by atoms with Crippen molar-refractivity contribution >= 4 is 28.8 Å². The Balaban J connectivity index is 1.62. The fourth-order valence-electron chi connectivity index (χ4n) is 5.18. The van der Waals surface area contributed by atoms with Gasteiger partial charge in [-0.3, -0.25) is 19.0 Å². The number of hydrogen-bond donors (Lipinski definition) is 0. The molecule has 7 nitrogen and oxygen atoms in total. The van der Waals surface area contributed by atoms with Crippen molar-refractivity contribution in [1.29, 1.82) is 0 Å². The molecule has 2 saturated carbocycles. The zero-order chi connectivity index (χ0) is 25.6. The van der Waals surface area contributed by atoms with Crippen LogP contribution in [0.1, 0.15) is 30.7 Å². The Morgan fingerprint density at radius 1 is 0.919 bits per heavy atom. The lowest BCUT2D eigenvalue weighted by Gasteiger charge is -2.21. The number of hydrogen-bond acceptors (Lipinski definition) is 5. The van der Waals surface area contributed by atoms with Crippen LogP contribution < -0.4 is 10.5 Å². The van der Waals surface area contributed by atoms with Gasteiger partial charge < -0.3 is 0 Å². The lowest BCUT2D eigenvalue weighted by atomic mass is 9.97. The van der Waals surface area contributed by atoms with E-state index in [0.717, 1.165) is 27.7 Å². The first-order chi connectivity index (χ1) is 17.8. The molecule has 184 valence electrons. The highest BCUT2D eigenvalue weighted by molar-refractivity contribution is 6.17. The first kappa shape index (κ1) is 21.9. The van der Waals surface area contributed by atoms with Crippen LogP contribution in [0.3, 0.4) is 0 Å². The van der Waals surface area contributed by atoms with E-state index in [4.69, 9.17) is 0 Å². The lowest BCUT2D eigenvalue weighted by molar-refractivity contribution is -0.128. The summed E-state index contributed by atoms with van der Waals surface area (Å²) < 4.78 is 44.9. The standard InChI is InChI=1S/C27H17F3N4O3/c28-13-6-7-14-16(10-13)17-11-18(17)26(37)34(25(36)12-4-5-12)27-31-22(14)15-8-9-21(35)33(24(15)32-27)23-19(29)2-1-3-20(23)30/h1-3,6-10,12,17-18H,4-5,11H2. The molecule has 3 aliphatic rings. The van der Waals surface area contributed by atoms with Crippen molar-refractivity contribution in [2.75, 3.05) is 4.90 Å². The van der Waals surface area contributed by atoms with Crippen molar-refractivity contribution in [3.05, 3.63) is 81.9 Å². The molecule has 0 spiro atoms. The number of amides is 2. The van der Waals surface area contributed by atoms with Crippen molar-refractivity contribution in [3.8, 4) is 16.9 Å². The van der Waals surface area contributed by atoms with Crippen LogP contribution in [-0.2, 0) is 9.59 Å². The number of anilines is 1. The van der Waals surface area contributed by atoms with Crippen molar-refractivity contribution in [1.82, 2.24) is 14.5 Å². The minimum Gasteiger partial charge on any atom is -0.274 e. The number of carbonyl (C=O) groups excluding carboxylic acids is 2.